The quantitative estimate of drug-likeness (QED) is 0.671. The molecule has 1 heterocycles. The second kappa shape index (κ2) is 10.1. The molecule has 0 N–H and O–H groups in total. The number of unbranched alkanes of at least 4 members (excludes halogenated alkanes) is 1. The summed E-state index contributed by atoms with van der Waals surface area (Å²) in [5, 5.41) is 0.700. The van der Waals surface area contributed by atoms with Crippen molar-refractivity contribution in [3.8, 4) is 0 Å². The Morgan fingerprint density at radius 2 is 1.88 bits per heavy atom. The van der Waals surface area contributed by atoms with Crippen molar-refractivity contribution in [2.45, 2.75) is 37.5 Å². The monoisotopic (exact) mass is 382 g/mol. The molecule has 1 fully saturated rings. The van der Waals surface area contributed by atoms with E-state index in [1.807, 2.05) is 41.1 Å². The predicted molar refractivity (Wildman–Crippen MR) is 104 cm³/mol. The summed E-state index contributed by atoms with van der Waals surface area (Å²) in [5.41, 5.74) is 0. The maximum absolute atomic E-state index is 12.4. The molecule has 0 unspecified atom stereocenters. The second-order valence-electron chi connectivity index (χ2n) is 6.51. The Balaban J connectivity index is 1.74. The lowest BCUT2D eigenvalue weighted by Gasteiger charge is -2.33. The molecule has 2 rings (SSSR count). The highest BCUT2D eigenvalue weighted by molar-refractivity contribution is 8.00. The van der Waals surface area contributed by atoms with Gasteiger partial charge in [0.25, 0.3) is 0 Å². The smallest absolute Gasteiger partial charge is 0.232 e. The summed E-state index contributed by atoms with van der Waals surface area (Å²) >= 11 is 7.40. The van der Waals surface area contributed by atoms with Crippen LogP contribution in [0.5, 0.6) is 0 Å². The Labute approximate surface area is 159 Å². The van der Waals surface area contributed by atoms with Gasteiger partial charge in [0.2, 0.25) is 11.8 Å². The fourth-order valence-electron chi connectivity index (χ4n) is 2.96. The van der Waals surface area contributed by atoms with Gasteiger partial charge in [-0.3, -0.25) is 9.59 Å². The van der Waals surface area contributed by atoms with Crippen LogP contribution in [0.1, 0.15) is 32.6 Å². The van der Waals surface area contributed by atoms with E-state index in [-0.39, 0.29) is 17.7 Å². The fourth-order valence-corrected chi connectivity index (χ4v) is 3.89. The van der Waals surface area contributed by atoms with Gasteiger partial charge in [-0.1, -0.05) is 24.9 Å². The minimum atomic E-state index is 0.0647. The molecule has 0 atom stereocenters. The van der Waals surface area contributed by atoms with E-state index in [0.717, 1.165) is 37.1 Å². The van der Waals surface area contributed by atoms with Crippen molar-refractivity contribution in [2.75, 3.05) is 32.4 Å². The van der Waals surface area contributed by atoms with Crippen molar-refractivity contribution in [2.24, 2.45) is 5.92 Å². The highest BCUT2D eigenvalue weighted by atomic mass is 35.5. The highest BCUT2D eigenvalue weighted by Gasteiger charge is 2.28. The molecule has 0 aromatic heterocycles. The summed E-state index contributed by atoms with van der Waals surface area (Å²) in [4.78, 5) is 29.6. The van der Waals surface area contributed by atoms with Gasteiger partial charge < -0.3 is 9.80 Å². The van der Waals surface area contributed by atoms with Gasteiger partial charge in [0.15, 0.2) is 0 Å². The highest BCUT2D eigenvalue weighted by Crippen LogP contribution is 2.23. The van der Waals surface area contributed by atoms with Crippen LogP contribution >= 0.6 is 23.4 Å². The van der Waals surface area contributed by atoms with Gasteiger partial charge >= 0.3 is 0 Å². The summed E-state index contributed by atoms with van der Waals surface area (Å²) in [6, 6.07) is 7.52. The Hall–Kier alpha value is -1.20. The SMILES string of the molecule is CCCCN(C)C(=O)C1CCN(C(=O)CSc2ccc(Cl)cc2)CC1. The van der Waals surface area contributed by atoms with Gasteiger partial charge in [0, 0.05) is 42.5 Å². The molecule has 0 saturated carbocycles. The molecular weight excluding hydrogens is 356 g/mol. The van der Waals surface area contributed by atoms with Crippen LogP contribution in [0.4, 0.5) is 0 Å². The van der Waals surface area contributed by atoms with E-state index >= 15 is 0 Å². The van der Waals surface area contributed by atoms with E-state index in [1.54, 1.807) is 0 Å². The van der Waals surface area contributed by atoms with Gasteiger partial charge in [-0.05, 0) is 43.5 Å². The molecular formula is C19H27ClN2O2S. The Morgan fingerprint density at radius 1 is 1.24 bits per heavy atom. The summed E-state index contributed by atoms with van der Waals surface area (Å²) in [6.45, 7) is 4.31. The van der Waals surface area contributed by atoms with Gasteiger partial charge in [-0.15, -0.1) is 11.8 Å². The number of carbonyl (C=O) groups excluding carboxylic acids is 2. The molecule has 4 nitrogen and oxygen atoms in total. The first kappa shape index (κ1) is 20.1. The predicted octanol–water partition coefficient (Wildman–Crippen LogP) is 3.93. The number of piperidine rings is 1. The van der Waals surface area contributed by atoms with Gasteiger partial charge in [-0.25, -0.2) is 0 Å². The minimum absolute atomic E-state index is 0.0647. The fraction of sp³-hybridized carbons (Fsp3) is 0.579. The van der Waals surface area contributed by atoms with Gasteiger partial charge in [0.05, 0.1) is 5.75 Å². The lowest BCUT2D eigenvalue weighted by atomic mass is 9.95. The topological polar surface area (TPSA) is 40.6 Å². The van der Waals surface area contributed by atoms with Crippen LogP contribution in [0.3, 0.4) is 0 Å². The number of hydrogen-bond acceptors (Lipinski definition) is 3. The van der Waals surface area contributed by atoms with E-state index in [2.05, 4.69) is 6.92 Å². The Bertz CT molecular complexity index is 571. The normalized spacial score (nSPS) is 15.2. The summed E-state index contributed by atoms with van der Waals surface area (Å²) in [5.74, 6) is 0.868. The zero-order valence-corrected chi connectivity index (χ0v) is 16.6. The molecule has 2 amide bonds. The largest absolute Gasteiger partial charge is 0.346 e. The molecule has 138 valence electrons. The van der Waals surface area contributed by atoms with Crippen molar-refractivity contribution in [3.05, 3.63) is 29.3 Å². The zero-order valence-electron chi connectivity index (χ0n) is 15.0. The molecule has 1 aliphatic heterocycles. The summed E-state index contributed by atoms with van der Waals surface area (Å²) in [7, 11) is 1.89. The molecule has 1 aliphatic rings. The lowest BCUT2D eigenvalue weighted by Crippen LogP contribution is -2.44. The number of nitrogens with zero attached hydrogens (tertiary/aromatic N) is 2. The number of halogens is 1. The molecule has 0 radical (unpaired) electrons. The van der Waals surface area contributed by atoms with Crippen LogP contribution in [0.25, 0.3) is 0 Å². The van der Waals surface area contributed by atoms with Crippen molar-refractivity contribution in [1.29, 1.82) is 0 Å². The first-order chi connectivity index (χ1) is 12.0. The van der Waals surface area contributed by atoms with Gasteiger partial charge in [0.1, 0.15) is 0 Å². The number of likely N-dealkylation sites (tertiary alicyclic amines) is 1. The first-order valence-corrected chi connectivity index (χ1v) is 10.3. The molecule has 25 heavy (non-hydrogen) atoms. The molecule has 0 bridgehead atoms. The summed E-state index contributed by atoms with van der Waals surface area (Å²) in [6.07, 6.45) is 3.68. The van der Waals surface area contributed by atoms with Crippen molar-refractivity contribution < 1.29 is 9.59 Å². The van der Waals surface area contributed by atoms with E-state index in [9.17, 15) is 9.59 Å². The van der Waals surface area contributed by atoms with Crippen LogP contribution in [0, 0.1) is 5.92 Å². The van der Waals surface area contributed by atoms with E-state index in [1.165, 1.54) is 11.8 Å². The van der Waals surface area contributed by atoms with Crippen molar-refractivity contribution >= 4 is 35.2 Å². The average Bonchev–Trinajstić information content (AvgIpc) is 2.65. The van der Waals surface area contributed by atoms with E-state index in [4.69, 9.17) is 11.6 Å². The molecule has 6 heteroatoms. The summed E-state index contributed by atoms with van der Waals surface area (Å²) < 4.78 is 0. The van der Waals surface area contributed by atoms with Crippen LogP contribution in [0.2, 0.25) is 5.02 Å². The molecule has 1 saturated heterocycles. The molecule has 1 aromatic carbocycles. The number of thioether (sulfide) groups is 1. The number of amides is 2. The average molecular weight is 383 g/mol. The van der Waals surface area contributed by atoms with Crippen molar-refractivity contribution in [3.63, 3.8) is 0 Å². The Morgan fingerprint density at radius 3 is 2.48 bits per heavy atom. The van der Waals surface area contributed by atoms with Crippen LogP contribution < -0.4 is 0 Å². The van der Waals surface area contributed by atoms with Crippen LogP contribution in [-0.4, -0.2) is 54.0 Å². The molecule has 1 aromatic rings. The maximum Gasteiger partial charge on any atom is 0.232 e. The molecule has 0 aliphatic carbocycles. The first-order valence-electron chi connectivity index (χ1n) is 8.92. The lowest BCUT2D eigenvalue weighted by molar-refractivity contribution is -0.138. The Kier molecular flexibility index (Phi) is 8.10. The third-order valence-corrected chi connectivity index (χ3v) is 5.84. The number of benzene rings is 1. The number of rotatable bonds is 7. The van der Waals surface area contributed by atoms with Crippen molar-refractivity contribution in [1.82, 2.24) is 9.80 Å². The van der Waals surface area contributed by atoms with E-state index in [0.29, 0.717) is 23.9 Å². The molecule has 0 spiro atoms. The zero-order chi connectivity index (χ0) is 18.2. The third-order valence-electron chi connectivity index (χ3n) is 4.60. The van der Waals surface area contributed by atoms with E-state index < -0.39 is 0 Å². The minimum Gasteiger partial charge on any atom is -0.346 e. The number of hydrogen-bond donors (Lipinski definition) is 0. The second-order valence-corrected chi connectivity index (χ2v) is 8.00. The maximum atomic E-state index is 12.4. The standard InChI is InChI=1S/C19H27ClN2O2S/c1-3-4-11-21(2)19(24)15-9-12-22(13-10-15)18(23)14-25-17-7-5-16(20)6-8-17/h5-8,15H,3-4,9-14H2,1-2H3. The third kappa shape index (κ3) is 6.23. The van der Waals surface area contributed by atoms with Gasteiger partial charge in [-0.2, -0.15) is 0 Å². The van der Waals surface area contributed by atoms with Crippen LogP contribution in [0.15, 0.2) is 29.2 Å². The van der Waals surface area contributed by atoms with Crippen LogP contribution in [-0.2, 0) is 9.59 Å². The number of carbonyl (C=O) groups is 2.